The number of rotatable bonds is 0. The van der Waals surface area contributed by atoms with Crippen molar-refractivity contribution < 1.29 is 9.47 Å². The number of hydrogen-bond donors (Lipinski definition) is 0. The van der Waals surface area contributed by atoms with Crippen molar-refractivity contribution in [3.8, 4) is 12.3 Å². The van der Waals surface area contributed by atoms with Gasteiger partial charge in [0.1, 0.15) is 5.60 Å². The third-order valence-corrected chi connectivity index (χ3v) is 1.66. The van der Waals surface area contributed by atoms with Gasteiger partial charge < -0.3 is 9.47 Å². The first-order valence-electron chi connectivity index (χ1n) is 3.43. The zero-order valence-corrected chi connectivity index (χ0v) is 6.39. The average molecular weight is 140 g/mol. The summed E-state index contributed by atoms with van der Waals surface area (Å²) in [5, 5.41) is 0. The zero-order valence-electron chi connectivity index (χ0n) is 6.39. The summed E-state index contributed by atoms with van der Waals surface area (Å²) in [4.78, 5) is 0. The van der Waals surface area contributed by atoms with E-state index in [-0.39, 0.29) is 6.29 Å². The molecule has 1 aliphatic heterocycles. The molecule has 0 amide bonds. The maximum atomic E-state index is 5.36. The van der Waals surface area contributed by atoms with Crippen LogP contribution < -0.4 is 0 Å². The van der Waals surface area contributed by atoms with Gasteiger partial charge in [0.05, 0.1) is 6.61 Å². The van der Waals surface area contributed by atoms with Crippen LogP contribution in [0.3, 0.4) is 0 Å². The van der Waals surface area contributed by atoms with Crippen LogP contribution >= 0.6 is 0 Å². The van der Waals surface area contributed by atoms with Crippen LogP contribution in [0.15, 0.2) is 0 Å². The van der Waals surface area contributed by atoms with E-state index in [1.165, 1.54) is 0 Å². The smallest absolute Gasteiger partial charge is 0.156 e. The molecule has 1 fully saturated rings. The van der Waals surface area contributed by atoms with Gasteiger partial charge >= 0.3 is 0 Å². The van der Waals surface area contributed by atoms with Gasteiger partial charge in [-0.15, -0.1) is 6.42 Å². The first-order valence-corrected chi connectivity index (χ1v) is 3.43. The summed E-state index contributed by atoms with van der Waals surface area (Å²) in [6.07, 6.45) is 5.90. The molecule has 0 aromatic rings. The fourth-order valence-electron chi connectivity index (χ4n) is 0.985. The first kappa shape index (κ1) is 7.59. The van der Waals surface area contributed by atoms with E-state index < -0.39 is 5.60 Å². The Kier molecular flexibility index (Phi) is 1.98. The lowest BCUT2D eigenvalue weighted by molar-refractivity contribution is -0.221. The van der Waals surface area contributed by atoms with Gasteiger partial charge in [-0.2, -0.15) is 0 Å². The molecule has 1 saturated heterocycles. The molecule has 0 N–H and O–H groups in total. The molecule has 2 unspecified atom stereocenters. The topological polar surface area (TPSA) is 18.5 Å². The van der Waals surface area contributed by atoms with Crippen LogP contribution in [0.25, 0.3) is 0 Å². The maximum absolute atomic E-state index is 5.36. The minimum atomic E-state index is -0.405. The molecule has 0 aromatic carbocycles. The van der Waals surface area contributed by atoms with Crippen LogP contribution in [0.5, 0.6) is 0 Å². The molecule has 1 heterocycles. The van der Waals surface area contributed by atoms with Crippen molar-refractivity contribution >= 4 is 0 Å². The lowest BCUT2D eigenvalue weighted by atomic mass is 10.0. The molecule has 0 saturated carbocycles. The third-order valence-electron chi connectivity index (χ3n) is 1.66. The standard InChI is InChI=1S/C8H12O2/c1-4-8(3)5-6-9-7(2)10-8/h1,7H,5-6H2,2-3H3. The lowest BCUT2D eigenvalue weighted by Crippen LogP contribution is -2.38. The summed E-state index contributed by atoms with van der Waals surface area (Å²) in [6.45, 7) is 4.46. The van der Waals surface area contributed by atoms with Crippen molar-refractivity contribution in [3.05, 3.63) is 0 Å². The van der Waals surface area contributed by atoms with Crippen molar-refractivity contribution in [2.24, 2.45) is 0 Å². The van der Waals surface area contributed by atoms with Gasteiger partial charge in [-0.05, 0) is 13.8 Å². The van der Waals surface area contributed by atoms with Gasteiger partial charge in [-0.3, -0.25) is 0 Å². The van der Waals surface area contributed by atoms with Gasteiger partial charge in [0.2, 0.25) is 0 Å². The van der Waals surface area contributed by atoms with E-state index >= 15 is 0 Å². The van der Waals surface area contributed by atoms with E-state index in [2.05, 4.69) is 5.92 Å². The van der Waals surface area contributed by atoms with Crippen LogP contribution in [0, 0.1) is 12.3 Å². The van der Waals surface area contributed by atoms with E-state index in [9.17, 15) is 0 Å². The Morgan fingerprint density at radius 2 is 2.40 bits per heavy atom. The summed E-state index contributed by atoms with van der Waals surface area (Å²) in [5.74, 6) is 2.61. The Balaban J connectivity index is 2.56. The molecule has 2 nitrogen and oxygen atoms in total. The van der Waals surface area contributed by atoms with Gasteiger partial charge in [-0.1, -0.05) is 5.92 Å². The van der Waals surface area contributed by atoms with Crippen molar-refractivity contribution in [1.29, 1.82) is 0 Å². The molecule has 10 heavy (non-hydrogen) atoms. The van der Waals surface area contributed by atoms with Crippen LogP contribution in [-0.4, -0.2) is 18.5 Å². The number of hydrogen-bond acceptors (Lipinski definition) is 2. The largest absolute Gasteiger partial charge is 0.353 e. The van der Waals surface area contributed by atoms with Gasteiger partial charge in [0.25, 0.3) is 0 Å². The summed E-state index contributed by atoms with van der Waals surface area (Å²) in [7, 11) is 0. The van der Waals surface area contributed by atoms with Crippen LogP contribution in [0.4, 0.5) is 0 Å². The Labute approximate surface area is 61.5 Å². The highest BCUT2D eigenvalue weighted by Crippen LogP contribution is 2.22. The number of terminal acetylenes is 1. The first-order chi connectivity index (χ1) is 4.66. The van der Waals surface area contributed by atoms with E-state index in [0.717, 1.165) is 6.42 Å². The zero-order chi connectivity index (χ0) is 7.61. The molecule has 0 aromatic heterocycles. The number of ether oxygens (including phenoxy) is 2. The summed E-state index contributed by atoms with van der Waals surface area (Å²) in [5.41, 5.74) is -0.405. The summed E-state index contributed by atoms with van der Waals surface area (Å²) >= 11 is 0. The van der Waals surface area contributed by atoms with Crippen molar-refractivity contribution in [2.75, 3.05) is 6.61 Å². The van der Waals surface area contributed by atoms with Crippen molar-refractivity contribution in [3.63, 3.8) is 0 Å². The fraction of sp³-hybridized carbons (Fsp3) is 0.750. The van der Waals surface area contributed by atoms with E-state index in [1.54, 1.807) is 0 Å². The Bertz CT molecular complexity index is 159. The normalized spacial score (nSPS) is 40.7. The summed E-state index contributed by atoms with van der Waals surface area (Å²) < 4.78 is 10.5. The molecular weight excluding hydrogens is 128 g/mol. The lowest BCUT2D eigenvalue weighted by Gasteiger charge is -2.33. The van der Waals surface area contributed by atoms with Crippen molar-refractivity contribution in [1.82, 2.24) is 0 Å². The third kappa shape index (κ3) is 1.50. The van der Waals surface area contributed by atoms with Gasteiger partial charge in [0.15, 0.2) is 6.29 Å². The quantitative estimate of drug-likeness (QED) is 0.470. The highest BCUT2D eigenvalue weighted by atomic mass is 16.7. The van der Waals surface area contributed by atoms with E-state index in [0.29, 0.717) is 6.61 Å². The molecule has 56 valence electrons. The molecule has 0 aliphatic carbocycles. The molecule has 2 atom stereocenters. The summed E-state index contributed by atoms with van der Waals surface area (Å²) in [6, 6.07) is 0. The predicted octanol–water partition coefficient (Wildman–Crippen LogP) is 1.16. The Morgan fingerprint density at radius 3 is 2.80 bits per heavy atom. The highest BCUT2D eigenvalue weighted by molar-refractivity contribution is 5.06. The molecule has 0 radical (unpaired) electrons. The van der Waals surface area contributed by atoms with E-state index in [1.807, 2.05) is 13.8 Å². The molecular formula is C8H12O2. The van der Waals surface area contributed by atoms with Crippen molar-refractivity contribution in [2.45, 2.75) is 32.2 Å². The van der Waals surface area contributed by atoms with Gasteiger partial charge in [0, 0.05) is 6.42 Å². The molecule has 0 bridgehead atoms. The maximum Gasteiger partial charge on any atom is 0.156 e. The molecule has 2 heteroatoms. The Hall–Kier alpha value is -0.520. The Morgan fingerprint density at radius 1 is 1.70 bits per heavy atom. The average Bonchev–Trinajstić information content (AvgIpc) is 1.88. The van der Waals surface area contributed by atoms with Crippen LogP contribution in [-0.2, 0) is 9.47 Å². The van der Waals surface area contributed by atoms with Gasteiger partial charge in [-0.25, -0.2) is 0 Å². The highest BCUT2D eigenvalue weighted by Gasteiger charge is 2.29. The fourth-order valence-corrected chi connectivity index (χ4v) is 0.985. The SMILES string of the molecule is C#CC1(C)CCOC(C)O1. The molecule has 0 spiro atoms. The molecule has 1 aliphatic rings. The monoisotopic (exact) mass is 140 g/mol. The van der Waals surface area contributed by atoms with E-state index in [4.69, 9.17) is 15.9 Å². The van der Waals surface area contributed by atoms with Crippen LogP contribution in [0.1, 0.15) is 20.3 Å². The second-order valence-electron chi connectivity index (χ2n) is 2.68. The molecule has 1 rings (SSSR count). The predicted molar refractivity (Wildman–Crippen MR) is 38.4 cm³/mol. The minimum Gasteiger partial charge on any atom is -0.353 e. The second-order valence-corrected chi connectivity index (χ2v) is 2.68. The second kappa shape index (κ2) is 2.61. The van der Waals surface area contributed by atoms with Crippen LogP contribution in [0.2, 0.25) is 0 Å². The minimum absolute atomic E-state index is 0.158.